The summed E-state index contributed by atoms with van der Waals surface area (Å²) in [6.45, 7) is 2.01. The lowest BCUT2D eigenvalue weighted by molar-refractivity contribution is 0.101. The van der Waals surface area contributed by atoms with E-state index in [1.165, 1.54) is 0 Å². The predicted octanol–water partition coefficient (Wildman–Crippen LogP) is 3.64. The number of nitrogens with zero attached hydrogens (tertiary/aromatic N) is 2. The van der Waals surface area contributed by atoms with Gasteiger partial charge in [-0.2, -0.15) is 0 Å². The summed E-state index contributed by atoms with van der Waals surface area (Å²) in [4.78, 5) is 16.9. The van der Waals surface area contributed by atoms with Gasteiger partial charge in [0.2, 0.25) is 0 Å². The number of nitrogens with one attached hydrogen (secondary N) is 1. The third-order valence-electron chi connectivity index (χ3n) is 3.27. The van der Waals surface area contributed by atoms with Crippen LogP contribution in [-0.2, 0) is 6.42 Å². The van der Waals surface area contributed by atoms with Crippen LogP contribution in [0.4, 0.5) is 0 Å². The molecule has 0 atom stereocenters. The minimum absolute atomic E-state index is 0.190. The summed E-state index contributed by atoms with van der Waals surface area (Å²) < 4.78 is 1.74. The molecule has 0 radical (unpaired) electrons. The van der Waals surface area contributed by atoms with Crippen LogP contribution in [0.1, 0.15) is 23.1 Å². The molecule has 0 spiro atoms. The summed E-state index contributed by atoms with van der Waals surface area (Å²) in [5.74, 6) is 0.628. The maximum Gasteiger partial charge on any atom is 0.270 e. The Hall–Kier alpha value is -2.33. The summed E-state index contributed by atoms with van der Waals surface area (Å²) >= 11 is 5.84. The number of hydrogen-bond acceptors (Lipinski definition) is 2. The van der Waals surface area contributed by atoms with E-state index in [0.29, 0.717) is 10.6 Å². The molecule has 106 valence electrons. The predicted molar refractivity (Wildman–Crippen MR) is 84.3 cm³/mol. The Morgan fingerprint density at radius 3 is 2.62 bits per heavy atom. The van der Waals surface area contributed by atoms with Crippen LogP contribution in [0.5, 0.6) is 0 Å². The normalized spacial score (nSPS) is 10.8. The molecule has 0 fully saturated rings. The third-order valence-corrected chi connectivity index (χ3v) is 3.52. The van der Waals surface area contributed by atoms with Crippen molar-refractivity contribution < 1.29 is 4.79 Å². The quantitative estimate of drug-likeness (QED) is 0.802. The molecule has 1 N–H and O–H groups in total. The second-order valence-corrected chi connectivity index (χ2v) is 5.09. The van der Waals surface area contributed by atoms with Gasteiger partial charge in [-0.3, -0.25) is 10.2 Å². The van der Waals surface area contributed by atoms with Gasteiger partial charge in [-0.05, 0) is 36.4 Å². The van der Waals surface area contributed by atoms with Crippen LogP contribution in [0.3, 0.4) is 0 Å². The fraction of sp³-hybridized carbons (Fsp3) is 0.125. The van der Waals surface area contributed by atoms with E-state index in [4.69, 9.17) is 11.6 Å². The van der Waals surface area contributed by atoms with E-state index in [2.05, 4.69) is 10.4 Å². The minimum atomic E-state index is -0.190. The first-order valence-corrected chi connectivity index (χ1v) is 7.10. The molecule has 1 amide bonds. The van der Waals surface area contributed by atoms with E-state index in [-0.39, 0.29) is 5.91 Å². The van der Waals surface area contributed by atoms with Gasteiger partial charge in [0.05, 0.1) is 11.0 Å². The fourth-order valence-corrected chi connectivity index (χ4v) is 2.33. The summed E-state index contributed by atoms with van der Waals surface area (Å²) in [6, 6.07) is 14.5. The minimum Gasteiger partial charge on any atom is -0.267 e. The Morgan fingerprint density at radius 1 is 1.19 bits per heavy atom. The Labute approximate surface area is 127 Å². The van der Waals surface area contributed by atoms with Crippen LogP contribution in [0.2, 0.25) is 5.02 Å². The molecular weight excluding hydrogens is 286 g/mol. The van der Waals surface area contributed by atoms with Crippen LogP contribution in [0.15, 0.2) is 48.5 Å². The van der Waals surface area contributed by atoms with Gasteiger partial charge >= 0.3 is 0 Å². The third kappa shape index (κ3) is 2.62. The van der Waals surface area contributed by atoms with Gasteiger partial charge in [0, 0.05) is 17.0 Å². The van der Waals surface area contributed by atoms with Crippen LogP contribution in [0, 0.1) is 0 Å². The van der Waals surface area contributed by atoms with Gasteiger partial charge in [0.25, 0.3) is 5.91 Å². The van der Waals surface area contributed by atoms with Crippen LogP contribution in [0.25, 0.3) is 11.0 Å². The molecule has 0 aliphatic heterocycles. The molecule has 0 saturated heterocycles. The molecular formula is C16H14ClN3O. The van der Waals surface area contributed by atoms with Crippen molar-refractivity contribution in [2.45, 2.75) is 13.3 Å². The molecule has 3 aromatic rings. The fourth-order valence-electron chi connectivity index (χ4n) is 2.21. The first-order valence-electron chi connectivity index (χ1n) is 6.72. The van der Waals surface area contributed by atoms with Crippen LogP contribution in [-0.4, -0.2) is 15.6 Å². The van der Waals surface area contributed by atoms with E-state index in [0.717, 1.165) is 23.3 Å². The van der Waals surface area contributed by atoms with Crippen molar-refractivity contribution in [2.75, 3.05) is 5.43 Å². The van der Waals surface area contributed by atoms with Gasteiger partial charge in [-0.15, -0.1) is 0 Å². The zero-order valence-electron chi connectivity index (χ0n) is 11.5. The summed E-state index contributed by atoms with van der Waals surface area (Å²) in [5.41, 5.74) is 5.20. The highest BCUT2D eigenvalue weighted by Gasteiger charge is 2.12. The molecule has 0 unspecified atom stereocenters. The van der Waals surface area contributed by atoms with E-state index in [1.54, 1.807) is 28.9 Å². The topological polar surface area (TPSA) is 46.9 Å². The number of carbonyl (C=O) groups excluding carboxylic acids is 1. The summed E-state index contributed by atoms with van der Waals surface area (Å²) in [7, 11) is 0. The molecule has 3 rings (SSSR count). The van der Waals surface area contributed by atoms with Crippen molar-refractivity contribution in [3.05, 3.63) is 64.9 Å². The summed E-state index contributed by atoms with van der Waals surface area (Å²) in [5, 5.41) is 0.605. The van der Waals surface area contributed by atoms with E-state index in [1.807, 2.05) is 31.2 Å². The molecule has 21 heavy (non-hydrogen) atoms. The zero-order chi connectivity index (χ0) is 14.8. The molecule has 1 aromatic heterocycles. The van der Waals surface area contributed by atoms with E-state index < -0.39 is 0 Å². The number of carbonyl (C=O) groups is 1. The number of amides is 1. The Morgan fingerprint density at radius 2 is 1.90 bits per heavy atom. The molecule has 5 heteroatoms. The molecule has 4 nitrogen and oxygen atoms in total. The number of halogens is 1. The Kier molecular flexibility index (Phi) is 3.62. The number of benzene rings is 2. The average molecular weight is 300 g/mol. The Bertz CT molecular complexity index is 793. The Balaban J connectivity index is 1.97. The number of fused-ring (bicyclic) bond motifs is 1. The smallest absolute Gasteiger partial charge is 0.267 e. The van der Waals surface area contributed by atoms with Gasteiger partial charge in [-0.1, -0.05) is 30.7 Å². The maximum atomic E-state index is 12.3. The lowest BCUT2D eigenvalue weighted by atomic mass is 10.2. The molecule has 0 aliphatic rings. The second-order valence-electron chi connectivity index (χ2n) is 4.65. The number of aryl methyl sites for hydroxylation is 1. The lowest BCUT2D eigenvalue weighted by Crippen LogP contribution is -2.24. The number of para-hydroxylation sites is 2. The van der Waals surface area contributed by atoms with Crippen molar-refractivity contribution >= 4 is 28.5 Å². The highest BCUT2D eigenvalue weighted by molar-refractivity contribution is 6.30. The van der Waals surface area contributed by atoms with Crippen molar-refractivity contribution in [3.63, 3.8) is 0 Å². The van der Waals surface area contributed by atoms with Gasteiger partial charge in [-0.25, -0.2) is 9.66 Å². The number of hydrogen-bond donors (Lipinski definition) is 1. The molecule has 0 saturated carbocycles. The molecule has 2 aromatic carbocycles. The molecule has 0 bridgehead atoms. The van der Waals surface area contributed by atoms with Crippen molar-refractivity contribution in [1.29, 1.82) is 0 Å². The van der Waals surface area contributed by atoms with E-state index >= 15 is 0 Å². The van der Waals surface area contributed by atoms with Gasteiger partial charge in [0.15, 0.2) is 0 Å². The highest BCUT2D eigenvalue weighted by atomic mass is 35.5. The standard InChI is InChI=1S/C16H14ClN3O/c1-2-15-18-13-5-3-4-6-14(13)20(15)19-16(21)11-7-9-12(17)10-8-11/h3-10H,2H2,1H3,(H,19,21). The number of rotatable bonds is 3. The van der Waals surface area contributed by atoms with Crippen molar-refractivity contribution in [3.8, 4) is 0 Å². The van der Waals surface area contributed by atoms with Crippen LogP contribution >= 0.6 is 11.6 Å². The first-order chi connectivity index (χ1) is 10.2. The molecule has 1 heterocycles. The van der Waals surface area contributed by atoms with Gasteiger partial charge in [0.1, 0.15) is 5.82 Å². The number of aromatic nitrogens is 2. The van der Waals surface area contributed by atoms with E-state index in [9.17, 15) is 4.79 Å². The van der Waals surface area contributed by atoms with Crippen molar-refractivity contribution in [1.82, 2.24) is 9.66 Å². The monoisotopic (exact) mass is 299 g/mol. The lowest BCUT2D eigenvalue weighted by Gasteiger charge is -2.10. The second kappa shape index (κ2) is 5.58. The largest absolute Gasteiger partial charge is 0.270 e. The summed E-state index contributed by atoms with van der Waals surface area (Å²) in [6.07, 6.45) is 0.732. The SMILES string of the molecule is CCc1nc2ccccc2n1NC(=O)c1ccc(Cl)cc1. The van der Waals surface area contributed by atoms with Crippen LogP contribution < -0.4 is 5.43 Å². The highest BCUT2D eigenvalue weighted by Crippen LogP contribution is 2.16. The van der Waals surface area contributed by atoms with Gasteiger partial charge < -0.3 is 0 Å². The number of imidazole rings is 1. The van der Waals surface area contributed by atoms with Crippen molar-refractivity contribution in [2.24, 2.45) is 0 Å². The molecule has 0 aliphatic carbocycles. The zero-order valence-corrected chi connectivity index (χ0v) is 12.3. The first kappa shape index (κ1) is 13.6. The average Bonchev–Trinajstić information content (AvgIpc) is 2.86. The maximum absolute atomic E-state index is 12.3.